The predicted octanol–water partition coefficient (Wildman–Crippen LogP) is 2.80. The van der Waals surface area contributed by atoms with Gasteiger partial charge in [-0.1, -0.05) is 23.2 Å². The summed E-state index contributed by atoms with van der Waals surface area (Å²) in [5.74, 6) is 0.648. The summed E-state index contributed by atoms with van der Waals surface area (Å²) in [5, 5.41) is 3.16. The number of nitrogens with zero attached hydrogens (tertiary/aromatic N) is 2. The Morgan fingerprint density at radius 1 is 1.15 bits per heavy atom. The number of furan rings is 1. The van der Waals surface area contributed by atoms with E-state index in [4.69, 9.17) is 27.6 Å². The molecular formula is C16H17Cl2N3O4S. The maximum absolute atomic E-state index is 12.8. The number of rotatable bonds is 4. The molecule has 1 N–H and O–H groups in total. The van der Waals surface area contributed by atoms with Crippen molar-refractivity contribution in [3.8, 4) is 0 Å². The molecule has 140 valence electrons. The van der Waals surface area contributed by atoms with Crippen LogP contribution in [0.2, 0.25) is 10.0 Å². The van der Waals surface area contributed by atoms with Crippen LogP contribution in [0.4, 0.5) is 4.79 Å². The lowest BCUT2D eigenvalue weighted by Crippen LogP contribution is -2.52. The van der Waals surface area contributed by atoms with Gasteiger partial charge in [0.05, 0.1) is 17.8 Å². The Bertz CT molecular complexity index is 879. The number of carbonyl (C=O) groups is 1. The van der Waals surface area contributed by atoms with Gasteiger partial charge in [-0.05, 0) is 30.3 Å². The molecule has 3 rings (SSSR count). The highest BCUT2D eigenvalue weighted by Gasteiger charge is 2.31. The first-order valence-corrected chi connectivity index (χ1v) is 10.1. The van der Waals surface area contributed by atoms with Crippen LogP contribution < -0.4 is 5.32 Å². The molecule has 0 spiro atoms. The highest BCUT2D eigenvalue weighted by molar-refractivity contribution is 7.89. The van der Waals surface area contributed by atoms with Gasteiger partial charge >= 0.3 is 6.03 Å². The minimum Gasteiger partial charge on any atom is -0.467 e. The highest BCUT2D eigenvalue weighted by Crippen LogP contribution is 2.28. The molecule has 0 unspecified atom stereocenters. The second-order valence-electron chi connectivity index (χ2n) is 5.70. The molecule has 1 aliphatic rings. The van der Waals surface area contributed by atoms with Crippen molar-refractivity contribution in [1.29, 1.82) is 0 Å². The smallest absolute Gasteiger partial charge is 0.317 e. The molecule has 2 aromatic rings. The molecule has 0 bridgehead atoms. The predicted molar refractivity (Wildman–Crippen MR) is 97.7 cm³/mol. The third kappa shape index (κ3) is 4.15. The minimum atomic E-state index is -3.77. The lowest BCUT2D eigenvalue weighted by Gasteiger charge is -2.34. The molecule has 0 atom stereocenters. The van der Waals surface area contributed by atoms with Gasteiger partial charge in [-0.2, -0.15) is 4.31 Å². The quantitative estimate of drug-likeness (QED) is 0.828. The number of nitrogens with one attached hydrogen (secondary N) is 1. The molecule has 2 heterocycles. The van der Waals surface area contributed by atoms with E-state index >= 15 is 0 Å². The zero-order valence-electron chi connectivity index (χ0n) is 13.7. The number of benzene rings is 1. The number of halogens is 2. The largest absolute Gasteiger partial charge is 0.467 e. The summed E-state index contributed by atoms with van der Waals surface area (Å²) < 4.78 is 32.0. The number of amides is 2. The van der Waals surface area contributed by atoms with Crippen LogP contribution in [0.25, 0.3) is 0 Å². The van der Waals surface area contributed by atoms with E-state index < -0.39 is 10.0 Å². The molecule has 2 amide bonds. The molecule has 10 heteroatoms. The van der Waals surface area contributed by atoms with Crippen molar-refractivity contribution in [1.82, 2.24) is 14.5 Å². The Hall–Kier alpha value is -1.74. The van der Waals surface area contributed by atoms with E-state index in [2.05, 4.69) is 5.32 Å². The first-order chi connectivity index (χ1) is 12.4. The fourth-order valence-corrected chi connectivity index (χ4v) is 4.79. The maximum atomic E-state index is 12.8. The summed E-state index contributed by atoms with van der Waals surface area (Å²) in [6.07, 6.45) is 1.53. The van der Waals surface area contributed by atoms with E-state index in [1.807, 2.05) is 0 Å². The normalized spacial score (nSPS) is 15.8. The molecule has 0 saturated carbocycles. The molecule has 1 aliphatic heterocycles. The van der Waals surface area contributed by atoms with Gasteiger partial charge in [0.1, 0.15) is 10.7 Å². The van der Waals surface area contributed by atoms with Crippen molar-refractivity contribution in [2.24, 2.45) is 0 Å². The van der Waals surface area contributed by atoms with Gasteiger partial charge in [-0.15, -0.1) is 0 Å². The van der Waals surface area contributed by atoms with Gasteiger partial charge in [0.25, 0.3) is 0 Å². The van der Waals surface area contributed by atoms with Crippen molar-refractivity contribution >= 4 is 39.3 Å². The van der Waals surface area contributed by atoms with Gasteiger partial charge in [-0.3, -0.25) is 0 Å². The number of sulfonamides is 1. The molecule has 1 aromatic carbocycles. The third-order valence-corrected chi connectivity index (χ3v) is 6.65. The van der Waals surface area contributed by atoms with Gasteiger partial charge in [0, 0.05) is 31.2 Å². The van der Waals surface area contributed by atoms with Crippen LogP contribution in [0.3, 0.4) is 0 Å². The Morgan fingerprint density at radius 3 is 2.54 bits per heavy atom. The molecule has 1 fully saturated rings. The number of urea groups is 1. The van der Waals surface area contributed by atoms with Gasteiger partial charge < -0.3 is 14.6 Å². The Labute approximate surface area is 161 Å². The number of piperazine rings is 1. The second-order valence-corrected chi connectivity index (χ2v) is 8.45. The summed E-state index contributed by atoms with van der Waals surface area (Å²) in [6, 6.07) is 7.56. The van der Waals surface area contributed by atoms with Crippen LogP contribution in [0.5, 0.6) is 0 Å². The van der Waals surface area contributed by atoms with Crippen LogP contribution in [-0.4, -0.2) is 49.8 Å². The van der Waals surface area contributed by atoms with Crippen LogP contribution in [0, 0.1) is 0 Å². The van der Waals surface area contributed by atoms with Crippen molar-refractivity contribution in [2.75, 3.05) is 26.2 Å². The number of hydrogen-bond donors (Lipinski definition) is 1. The molecule has 1 aromatic heterocycles. The highest BCUT2D eigenvalue weighted by atomic mass is 35.5. The van der Waals surface area contributed by atoms with Gasteiger partial charge in [0.2, 0.25) is 10.0 Å². The van der Waals surface area contributed by atoms with E-state index in [-0.39, 0.29) is 48.7 Å². The number of carbonyl (C=O) groups excluding carboxylic acids is 1. The molecular weight excluding hydrogens is 401 g/mol. The van der Waals surface area contributed by atoms with E-state index in [9.17, 15) is 13.2 Å². The van der Waals surface area contributed by atoms with E-state index in [1.165, 1.54) is 28.8 Å². The fraction of sp³-hybridized carbons (Fsp3) is 0.312. The van der Waals surface area contributed by atoms with E-state index in [0.29, 0.717) is 10.8 Å². The molecule has 0 aliphatic carbocycles. The summed E-state index contributed by atoms with van der Waals surface area (Å²) >= 11 is 11.9. The van der Waals surface area contributed by atoms with Crippen molar-refractivity contribution in [2.45, 2.75) is 11.4 Å². The third-order valence-electron chi connectivity index (χ3n) is 4.03. The molecule has 26 heavy (non-hydrogen) atoms. The monoisotopic (exact) mass is 417 g/mol. The Balaban J connectivity index is 1.60. The van der Waals surface area contributed by atoms with Gasteiger partial charge in [-0.25, -0.2) is 13.2 Å². The average Bonchev–Trinajstić information content (AvgIpc) is 3.15. The van der Waals surface area contributed by atoms with Crippen molar-refractivity contribution in [3.63, 3.8) is 0 Å². The van der Waals surface area contributed by atoms with E-state index in [0.717, 1.165) is 0 Å². The zero-order valence-corrected chi connectivity index (χ0v) is 16.0. The van der Waals surface area contributed by atoms with Crippen LogP contribution >= 0.6 is 23.2 Å². The lowest BCUT2D eigenvalue weighted by molar-refractivity contribution is 0.171. The SMILES string of the molecule is O=C(NCc1ccco1)N1CCN(S(=O)(=O)c2cc(Cl)ccc2Cl)CC1. The second kappa shape index (κ2) is 7.87. The Morgan fingerprint density at radius 2 is 1.88 bits per heavy atom. The van der Waals surface area contributed by atoms with E-state index in [1.54, 1.807) is 17.0 Å². The average molecular weight is 418 g/mol. The van der Waals surface area contributed by atoms with Crippen molar-refractivity contribution in [3.05, 3.63) is 52.4 Å². The van der Waals surface area contributed by atoms with Crippen LogP contribution in [0.15, 0.2) is 45.9 Å². The molecule has 0 radical (unpaired) electrons. The zero-order chi connectivity index (χ0) is 18.7. The molecule has 7 nitrogen and oxygen atoms in total. The summed E-state index contributed by atoms with van der Waals surface area (Å²) in [7, 11) is -3.77. The fourth-order valence-electron chi connectivity index (χ4n) is 2.63. The number of hydrogen-bond acceptors (Lipinski definition) is 4. The summed E-state index contributed by atoms with van der Waals surface area (Å²) in [4.78, 5) is 13.7. The van der Waals surface area contributed by atoms with Crippen molar-refractivity contribution < 1.29 is 17.6 Å². The first-order valence-electron chi connectivity index (χ1n) is 7.88. The lowest BCUT2D eigenvalue weighted by atomic mass is 10.4. The first kappa shape index (κ1) is 19.0. The summed E-state index contributed by atoms with van der Waals surface area (Å²) in [5.41, 5.74) is 0. The Kier molecular flexibility index (Phi) is 5.76. The minimum absolute atomic E-state index is 0.0256. The van der Waals surface area contributed by atoms with Crippen LogP contribution in [-0.2, 0) is 16.6 Å². The van der Waals surface area contributed by atoms with Crippen LogP contribution in [0.1, 0.15) is 5.76 Å². The standard InChI is InChI=1S/C16H17Cl2N3O4S/c17-12-3-4-14(18)15(10-12)26(23,24)21-7-5-20(6-8-21)16(22)19-11-13-2-1-9-25-13/h1-4,9-10H,5-8,11H2,(H,19,22). The molecule has 1 saturated heterocycles. The summed E-state index contributed by atoms with van der Waals surface area (Å²) in [6.45, 7) is 1.20. The van der Waals surface area contributed by atoms with Gasteiger partial charge in [0.15, 0.2) is 0 Å². The maximum Gasteiger partial charge on any atom is 0.317 e. The topological polar surface area (TPSA) is 82.9 Å².